The first-order valence-electron chi connectivity index (χ1n) is 13.6. The molecule has 0 saturated heterocycles. The maximum absolute atomic E-state index is 13.8. The smallest absolute Gasteiger partial charge is 0.295 e. The van der Waals surface area contributed by atoms with E-state index in [1.54, 1.807) is 18.5 Å². The van der Waals surface area contributed by atoms with Crippen LogP contribution in [0.4, 0.5) is 5.82 Å². The quantitative estimate of drug-likeness (QED) is 0.293. The number of fused-ring (bicyclic) bond motifs is 1. The average molecular weight is 544 g/mol. The molecule has 2 aliphatic rings. The van der Waals surface area contributed by atoms with Gasteiger partial charge in [-0.05, 0) is 74.8 Å². The number of pyridine rings is 1. The van der Waals surface area contributed by atoms with Crippen molar-refractivity contribution in [3.8, 4) is 11.3 Å². The van der Waals surface area contributed by atoms with Crippen molar-refractivity contribution in [2.45, 2.75) is 69.4 Å². The Hall–Kier alpha value is -3.66. The molecule has 202 valence electrons. The first-order chi connectivity index (χ1) is 18.7. The van der Waals surface area contributed by atoms with Gasteiger partial charge in [0.05, 0.1) is 26.8 Å². The highest BCUT2D eigenvalue weighted by atomic mass is 32.2. The zero-order valence-corrected chi connectivity index (χ0v) is 23.3. The van der Waals surface area contributed by atoms with Gasteiger partial charge in [0.1, 0.15) is 11.8 Å². The summed E-state index contributed by atoms with van der Waals surface area (Å²) >= 11 is 0. The monoisotopic (exact) mass is 543 g/mol. The third-order valence-corrected chi connectivity index (χ3v) is 8.96. The summed E-state index contributed by atoms with van der Waals surface area (Å²) < 4.78 is 21.6. The fraction of sp³-hybridized carbons (Fsp3) is 0.414. The van der Waals surface area contributed by atoms with Gasteiger partial charge in [-0.2, -0.15) is 0 Å². The van der Waals surface area contributed by atoms with E-state index in [1.807, 2.05) is 28.8 Å². The van der Waals surface area contributed by atoms with Crippen LogP contribution in [0.2, 0.25) is 0 Å². The second-order valence-electron chi connectivity index (χ2n) is 10.8. The Bertz CT molecular complexity index is 1720. The van der Waals surface area contributed by atoms with Crippen LogP contribution >= 0.6 is 0 Å². The molecule has 9 nitrogen and oxygen atoms in total. The fourth-order valence-electron chi connectivity index (χ4n) is 5.21. The lowest BCUT2D eigenvalue weighted by Gasteiger charge is -2.19. The Labute approximate surface area is 228 Å². The van der Waals surface area contributed by atoms with Crippen molar-refractivity contribution in [3.63, 3.8) is 0 Å². The third-order valence-electron chi connectivity index (χ3n) is 7.79. The summed E-state index contributed by atoms with van der Waals surface area (Å²) in [5.74, 6) is 1.17. The molecule has 0 radical (unpaired) electrons. The summed E-state index contributed by atoms with van der Waals surface area (Å²) in [5.41, 5.74) is 5.79. The molecule has 39 heavy (non-hydrogen) atoms. The molecule has 0 spiro atoms. The summed E-state index contributed by atoms with van der Waals surface area (Å²) in [6, 6.07) is 11.0. The zero-order valence-electron chi connectivity index (χ0n) is 22.5. The third kappa shape index (κ3) is 5.05. The molecule has 6 rings (SSSR count). The van der Waals surface area contributed by atoms with E-state index in [-0.39, 0.29) is 17.4 Å². The Balaban J connectivity index is 1.41. The van der Waals surface area contributed by atoms with Gasteiger partial charge in [0.15, 0.2) is 11.5 Å². The van der Waals surface area contributed by atoms with Gasteiger partial charge in [0.25, 0.3) is 5.56 Å². The molecule has 0 amide bonds. The van der Waals surface area contributed by atoms with Crippen LogP contribution in [0.3, 0.4) is 0 Å². The highest BCUT2D eigenvalue weighted by molar-refractivity contribution is 7.91. The summed E-state index contributed by atoms with van der Waals surface area (Å²) in [5, 5.41) is 3.22. The Morgan fingerprint density at radius 1 is 1.08 bits per heavy atom. The first kappa shape index (κ1) is 25.6. The number of hydrogen-bond donors (Lipinski definition) is 2. The van der Waals surface area contributed by atoms with E-state index in [2.05, 4.69) is 29.1 Å². The molecule has 1 unspecified atom stereocenters. The molecule has 1 aromatic carbocycles. The minimum absolute atomic E-state index is 0.000848. The molecule has 2 N–H and O–H groups in total. The SMILES string of the molecule is CCc1ncnc(C2CC2)c1-c1ccc2nc(NCc3ccc(S(C)(=N)=O)cc3)c(=O)n([C@@H](C)C3CC3)c2n1. The van der Waals surface area contributed by atoms with E-state index >= 15 is 0 Å². The average Bonchev–Trinajstić information content (AvgIpc) is 3.84. The minimum Gasteiger partial charge on any atom is -0.361 e. The number of aromatic nitrogens is 5. The van der Waals surface area contributed by atoms with Crippen LogP contribution in [0, 0.1) is 10.7 Å². The molecule has 0 aliphatic heterocycles. The van der Waals surface area contributed by atoms with Crippen molar-refractivity contribution >= 4 is 26.7 Å². The molecule has 2 atom stereocenters. The fourth-order valence-corrected chi connectivity index (χ4v) is 5.87. The van der Waals surface area contributed by atoms with Gasteiger partial charge in [0.2, 0.25) is 0 Å². The van der Waals surface area contributed by atoms with Crippen LogP contribution in [-0.4, -0.2) is 35.0 Å². The predicted molar refractivity (Wildman–Crippen MR) is 152 cm³/mol. The maximum Gasteiger partial charge on any atom is 0.295 e. The lowest BCUT2D eigenvalue weighted by molar-refractivity contribution is 0.483. The number of nitrogens with one attached hydrogen (secondary N) is 2. The molecule has 3 heterocycles. The number of aryl methyl sites for hydroxylation is 1. The number of hydrogen-bond acceptors (Lipinski definition) is 8. The van der Waals surface area contributed by atoms with Crippen LogP contribution < -0.4 is 10.9 Å². The van der Waals surface area contributed by atoms with Crippen LogP contribution in [0.15, 0.2) is 52.4 Å². The van der Waals surface area contributed by atoms with E-state index in [9.17, 15) is 9.00 Å². The molecule has 10 heteroatoms. The molecule has 2 fully saturated rings. The van der Waals surface area contributed by atoms with Crippen molar-refractivity contribution in [2.75, 3.05) is 11.6 Å². The summed E-state index contributed by atoms with van der Waals surface area (Å²) in [4.78, 5) is 33.3. The summed E-state index contributed by atoms with van der Waals surface area (Å²) in [6.07, 6.45) is 8.30. The highest BCUT2D eigenvalue weighted by Crippen LogP contribution is 2.44. The van der Waals surface area contributed by atoms with E-state index in [1.165, 1.54) is 6.26 Å². The molecule has 4 aromatic rings. The summed E-state index contributed by atoms with van der Waals surface area (Å²) in [7, 11) is -2.77. The molecule has 3 aromatic heterocycles. The maximum atomic E-state index is 13.8. The largest absolute Gasteiger partial charge is 0.361 e. The Kier molecular flexibility index (Phi) is 6.45. The minimum atomic E-state index is -2.77. The molecule has 2 aliphatic carbocycles. The molecule has 2 saturated carbocycles. The van der Waals surface area contributed by atoms with E-state index in [0.29, 0.717) is 34.4 Å². The van der Waals surface area contributed by atoms with Crippen molar-refractivity contribution in [3.05, 3.63) is 70.0 Å². The number of benzene rings is 1. The van der Waals surface area contributed by atoms with Crippen LogP contribution in [-0.2, 0) is 22.7 Å². The van der Waals surface area contributed by atoms with Crippen molar-refractivity contribution < 1.29 is 4.21 Å². The molecular formula is C29H33N7O2S. The Morgan fingerprint density at radius 3 is 2.46 bits per heavy atom. The van der Waals surface area contributed by atoms with Crippen LogP contribution in [0.1, 0.15) is 68.4 Å². The highest BCUT2D eigenvalue weighted by Gasteiger charge is 2.33. The number of nitrogens with zero attached hydrogens (tertiary/aromatic N) is 5. The Morgan fingerprint density at radius 2 is 1.82 bits per heavy atom. The van der Waals surface area contributed by atoms with Gasteiger partial charge in [-0.25, -0.2) is 28.9 Å². The molecular weight excluding hydrogens is 510 g/mol. The van der Waals surface area contributed by atoms with Gasteiger partial charge in [-0.3, -0.25) is 9.36 Å². The predicted octanol–water partition coefficient (Wildman–Crippen LogP) is 5.31. The zero-order chi connectivity index (χ0) is 27.3. The van der Waals surface area contributed by atoms with E-state index < -0.39 is 9.73 Å². The van der Waals surface area contributed by atoms with E-state index in [0.717, 1.165) is 60.3 Å². The van der Waals surface area contributed by atoms with Crippen LogP contribution in [0.5, 0.6) is 0 Å². The van der Waals surface area contributed by atoms with Crippen LogP contribution in [0.25, 0.3) is 22.4 Å². The second kappa shape index (κ2) is 9.82. The number of anilines is 1. The van der Waals surface area contributed by atoms with Gasteiger partial charge < -0.3 is 5.32 Å². The number of rotatable bonds is 9. The van der Waals surface area contributed by atoms with Crippen molar-refractivity contribution in [1.29, 1.82) is 4.78 Å². The van der Waals surface area contributed by atoms with Gasteiger partial charge in [-0.15, -0.1) is 0 Å². The van der Waals surface area contributed by atoms with E-state index in [4.69, 9.17) is 14.7 Å². The summed E-state index contributed by atoms with van der Waals surface area (Å²) in [6.45, 7) is 4.57. The first-order valence-corrected chi connectivity index (χ1v) is 15.5. The van der Waals surface area contributed by atoms with Crippen molar-refractivity contribution in [1.82, 2.24) is 24.5 Å². The lowest BCUT2D eigenvalue weighted by atomic mass is 10.0. The molecule has 0 bridgehead atoms. The topological polar surface area (TPSA) is 127 Å². The van der Waals surface area contributed by atoms with Crippen molar-refractivity contribution in [2.24, 2.45) is 5.92 Å². The van der Waals surface area contributed by atoms with Gasteiger partial charge >= 0.3 is 0 Å². The van der Waals surface area contributed by atoms with Gasteiger partial charge in [-0.1, -0.05) is 19.1 Å². The lowest BCUT2D eigenvalue weighted by Crippen LogP contribution is -2.29. The standard InChI is InChI=1S/C29H33N7O2S/c1-4-22-25(26(20-9-10-20)33-16-32-22)23-13-14-24-28(35-23)36(17(2)19-7-8-19)29(37)27(34-24)31-15-18-5-11-21(12-6-18)39(3,30)38/h5-6,11-14,16-17,19-20,30H,4,7-10,15H2,1-3H3,(H,31,34)/t17-,39?/m0/s1. The second-order valence-corrected chi connectivity index (χ2v) is 13.0. The normalized spacial score (nSPS) is 17.6. The van der Waals surface area contributed by atoms with Gasteiger partial charge in [0, 0.05) is 35.2 Å².